The summed E-state index contributed by atoms with van der Waals surface area (Å²) in [7, 11) is 2.90. The Hall–Kier alpha value is -3.01. The normalized spacial score (nSPS) is 16.1. The number of rotatable bonds is 2. The summed E-state index contributed by atoms with van der Waals surface area (Å²) in [6, 6.07) is 9.35. The molecular weight excluding hydrogens is 296 g/mol. The van der Waals surface area contributed by atoms with Crippen LogP contribution in [0, 0.1) is 11.3 Å². The SMILES string of the molecule is Cn1c(NC2CCOc3ccccc32)c(C#N)c(=O)n(C)c1=O. The van der Waals surface area contributed by atoms with E-state index in [0.717, 1.165) is 15.9 Å². The molecule has 1 aromatic heterocycles. The molecular formula is C16H16N4O3. The van der Waals surface area contributed by atoms with Crippen LogP contribution in [0.3, 0.4) is 0 Å². The first kappa shape index (κ1) is 14.9. The van der Waals surface area contributed by atoms with Crippen LogP contribution in [-0.4, -0.2) is 15.7 Å². The zero-order chi connectivity index (χ0) is 16.6. The van der Waals surface area contributed by atoms with Crippen LogP contribution in [0.4, 0.5) is 5.82 Å². The summed E-state index contributed by atoms with van der Waals surface area (Å²) in [6.07, 6.45) is 0.672. The van der Waals surface area contributed by atoms with Crippen molar-refractivity contribution >= 4 is 5.82 Å². The largest absolute Gasteiger partial charge is 0.493 e. The summed E-state index contributed by atoms with van der Waals surface area (Å²) in [5, 5.41) is 12.5. The minimum absolute atomic E-state index is 0.0708. The molecule has 1 aliphatic heterocycles. The fourth-order valence-corrected chi connectivity index (χ4v) is 2.77. The number of fused-ring (bicyclic) bond motifs is 1. The van der Waals surface area contributed by atoms with Gasteiger partial charge in [-0.3, -0.25) is 13.9 Å². The van der Waals surface area contributed by atoms with Gasteiger partial charge in [-0.1, -0.05) is 18.2 Å². The van der Waals surface area contributed by atoms with E-state index in [0.29, 0.717) is 13.0 Å². The van der Waals surface area contributed by atoms with Crippen molar-refractivity contribution in [1.29, 1.82) is 5.26 Å². The molecule has 1 aromatic carbocycles. The standard InChI is InChI=1S/C16H16N4O3/c1-19-14(11(9-17)15(21)20(2)16(19)22)18-12-7-8-23-13-6-4-3-5-10(12)13/h3-6,12,18H,7-8H2,1-2H3. The molecule has 7 nitrogen and oxygen atoms in total. The number of hydrogen-bond acceptors (Lipinski definition) is 5. The number of hydrogen-bond donors (Lipinski definition) is 1. The van der Waals surface area contributed by atoms with Gasteiger partial charge in [0.1, 0.15) is 17.6 Å². The molecule has 2 aromatic rings. The average Bonchev–Trinajstić information content (AvgIpc) is 2.58. The minimum atomic E-state index is -0.599. The van der Waals surface area contributed by atoms with Gasteiger partial charge in [-0.2, -0.15) is 5.26 Å². The maximum Gasteiger partial charge on any atom is 0.332 e. The molecule has 23 heavy (non-hydrogen) atoms. The van der Waals surface area contributed by atoms with Crippen molar-refractivity contribution in [2.45, 2.75) is 12.5 Å². The first-order valence-electron chi connectivity index (χ1n) is 7.23. The highest BCUT2D eigenvalue weighted by Gasteiger charge is 2.24. The fourth-order valence-electron chi connectivity index (χ4n) is 2.77. The quantitative estimate of drug-likeness (QED) is 0.889. The number of nitrogens with zero attached hydrogens (tertiary/aromatic N) is 3. The van der Waals surface area contributed by atoms with Gasteiger partial charge in [0.2, 0.25) is 0 Å². The Balaban J connectivity index is 2.11. The first-order chi connectivity index (χ1) is 11.0. The molecule has 7 heteroatoms. The number of benzene rings is 1. The van der Waals surface area contributed by atoms with Gasteiger partial charge in [0.25, 0.3) is 5.56 Å². The van der Waals surface area contributed by atoms with E-state index in [4.69, 9.17) is 4.74 Å². The van der Waals surface area contributed by atoms with Crippen LogP contribution in [0.2, 0.25) is 0 Å². The van der Waals surface area contributed by atoms with Gasteiger partial charge in [-0.15, -0.1) is 0 Å². The second-order valence-electron chi connectivity index (χ2n) is 5.41. The molecule has 0 fully saturated rings. The maximum absolute atomic E-state index is 12.1. The summed E-state index contributed by atoms with van der Waals surface area (Å²) in [4.78, 5) is 24.3. The highest BCUT2D eigenvalue weighted by atomic mass is 16.5. The maximum atomic E-state index is 12.1. The van der Waals surface area contributed by atoms with Crippen LogP contribution >= 0.6 is 0 Å². The van der Waals surface area contributed by atoms with Crippen LogP contribution in [0.25, 0.3) is 0 Å². The van der Waals surface area contributed by atoms with Crippen molar-refractivity contribution in [3.05, 3.63) is 56.2 Å². The second kappa shape index (κ2) is 5.65. The number of aromatic nitrogens is 2. The van der Waals surface area contributed by atoms with E-state index in [1.54, 1.807) is 0 Å². The lowest BCUT2D eigenvalue weighted by Crippen LogP contribution is -2.40. The van der Waals surface area contributed by atoms with E-state index in [2.05, 4.69) is 5.32 Å². The third kappa shape index (κ3) is 2.38. The minimum Gasteiger partial charge on any atom is -0.493 e. The van der Waals surface area contributed by atoms with E-state index in [1.807, 2.05) is 30.3 Å². The predicted molar refractivity (Wildman–Crippen MR) is 84.6 cm³/mol. The molecule has 1 atom stereocenters. The van der Waals surface area contributed by atoms with Gasteiger partial charge in [-0.05, 0) is 6.07 Å². The molecule has 0 saturated carbocycles. The van der Waals surface area contributed by atoms with E-state index < -0.39 is 11.2 Å². The number of anilines is 1. The summed E-state index contributed by atoms with van der Waals surface area (Å²) >= 11 is 0. The zero-order valence-electron chi connectivity index (χ0n) is 12.9. The van der Waals surface area contributed by atoms with Crippen LogP contribution < -0.4 is 21.3 Å². The van der Waals surface area contributed by atoms with E-state index in [-0.39, 0.29) is 17.4 Å². The Labute approximate surface area is 132 Å². The smallest absolute Gasteiger partial charge is 0.332 e. The molecule has 0 spiro atoms. The predicted octanol–water partition coefficient (Wildman–Crippen LogP) is 0.891. The van der Waals surface area contributed by atoms with Gasteiger partial charge in [0.05, 0.1) is 12.6 Å². The number of para-hydroxylation sites is 1. The molecule has 0 aliphatic carbocycles. The number of nitriles is 1. The van der Waals surface area contributed by atoms with Crippen molar-refractivity contribution in [2.75, 3.05) is 11.9 Å². The van der Waals surface area contributed by atoms with Crippen molar-refractivity contribution < 1.29 is 4.74 Å². The molecule has 3 rings (SSSR count). The lowest BCUT2D eigenvalue weighted by atomic mass is 10.0. The molecule has 2 heterocycles. The van der Waals surface area contributed by atoms with Crippen LogP contribution in [0.15, 0.2) is 33.9 Å². The van der Waals surface area contributed by atoms with Crippen molar-refractivity contribution in [3.8, 4) is 11.8 Å². The molecule has 1 N–H and O–H groups in total. The van der Waals surface area contributed by atoms with Gasteiger partial charge in [-0.25, -0.2) is 4.79 Å². The molecule has 0 radical (unpaired) electrons. The van der Waals surface area contributed by atoms with Gasteiger partial charge >= 0.3 is 5.69 Å². The fraction of sp³-hybridized carbons (Fsp3) is 0.312. The molecule has 1 aliphatic rings. The van der Waals surface area contributed by atoms with Crippen LogP contribution in [-0.2, 0) is 14.1 Å². The monoisotopic (exact) mass is 312 g/mol. The van der Waals surface area contributed by atoms with Gasteiger partial charge in [0.15, 0.2) is 5.56 Å². The number of nitrogens with one attached hydrogen (secondary N) is 1. The lowest BCUT2D eigenvalue weighted by molar-refractivity contribution is 0.274. The molecule has 1 unspecified atom stereocenters. The Morgan fingerprint density at radius 3 is 2.74 bits per heavy atom. The summed E-state index contributed by atoms with van der Waals surface area (Å²) in [5.74, 6) is 1.01. The van der Waals surface area contributed by atoms with Crippen LogP contribution in [0.5, 0.6) is 5.75 Å². The van der Waals surface area contributed by atoms with E-state index in [9.17, 15) is 14.9 Å². The molecule has 0 bridgehead atoms. The third-order valence-corrected chi connectivity index (χ3v) is 4.05. The summed E-state index contributed by atoms with van der Waals surface area (Å²) in [5.41, 5.74) is -0.204. The Morgan fingerprint density at radius 1 is 1.26 bits per heavy atom. The van der Waals surface area contributed by atoms with Crippen molar-refractivity contribution in [2.24, 2.45) is 14.1 Å². The second-order valence-corrected chi connectivity index (χ2v) is 5.41. The zero-order valence-corrected chi connectivity index (χ0v) is 12.9. The van der Waals surface area contributed by atoms with E-state index in [1.165, 1.54) is 18.7 Å². The van der Waals surface area contributed by atoms with Crippen LogP contribution in [0.1, 0.15) is 23.6 Å². The highest BCUT2D eigenvalue weighted by molar-refractivity contribution is 5.54. The topological polar surface area (TPSA) is 89.1 Å². The third-order valence-electron chi connectivity index (χ3n) is 4.05. The van der Waals surface area contributed by atoms with Crippen molar-refractivity contribution in [1.82, 2.24) is 9.13 Å². The van der Waals surface area contributed by atoms with Crippen molar-refractivity contribution in [3.63, 3.8) is 0 Å². The lowest BCUT2D eigenvalue weighted by Gasteiger charge is -2.28. The molecule has 0 saturated heterocycles. The Kier molecular flexibility index (Phi) is 3.66. The summed E-state index contributed by atoms with van der Waals surface area (Å²) in [6.45, 7) is 0.523. The highest BCUT2D eigenvalue weighted by Crippen LogP contribution is 2.33. The van der Waals surface area contributed by atoms with E-state index >= 15 is 0 Å². The first-order valence-corrected chi connectivity index (χ1v) is 7.23. The van der Waals surface area contributed by atoms with Gasteiger partial charge < -0.3 is 10.1 Å². The van der Waals surface area contributed by atoms with Gasteiger partial charge in [0, 0.05) is 26.1 Å². The molecule has 0 amide bonds. The Morgan fingerprint density at radius 2 is 2.00 bits per heavy atom. The number of ether oxygens (including phenoxy) is 1. The average molecular weight is 312 g/mol. The Bertz CT molecular complexity index is 920. The molecule has 118 valence electrons. The summed E-state index contributed by atoms with van der Waals surface area (Å²) < 4.78 is 7.83.